The summed E-state index contributed by atoms with van der Waals surface area (Å²) in [7, 11) is -1.07. The van der Waals surface area contributed by atoms with E-state index in [0.29, 0.717) is 23.6 Å². The lowest BCUT2D eigenvalue weighted by atomic mass is 10.2. The SMILES string of the molecule is C[NH+](CC(=O)Nc1ccc2c(c1)OCO2)[C@H]1CCS(=O)(=O)C1. The Morgan fingerprint density at radius 2 is 2.14 bits per heavy atom. The van der Waals surface area contributed by atoms with Crippen molar-refractivity contribution in [3.63, 3.8) is 0 Å². The molecule has 1 amide bonds. The van der Waals surface area contributed by atoms with Crippen LogP contribution in [0.4, 0.5) is 5.69 Å². The molecule has 2 aliphatic rings. The normalized spacial score (nSPS) is 23.2. The molecule has 0 spiro atoms. The van der Waals surface area contributed by atoms with Crippen LogP contribution in [0.15, 0.2) is 18.2 Å². The first-order chi connectivity index (χ1) is 10.4. The van der Waals surface area contributed by atoms with Crippen molar-refractivity contribution in [1.29, 1.82) is 0 Å². The van der Waals surface area contributed by atoms with Gasteiger partial charge in [0.2, 0.25) is 6.79 Å². The topological polar surface area (TPSA) is 86.1 Å². The largest absolute Gasteiger partial charge is 0.454 e. The summed E-state index contributed by atoms with van der Waals surface area (Å²) in [5.74, 6) is 1.51. The van der Waals surface area contributed by atoms with Gasteiger partial charge in [-0.2, -0.15) is 0 Å². The van der Waals surface area contributed by atoms with Crippen LogP contribution in [0, 0.1) is 0 Å². The molecule has 7 nitrogen and oxygen atoms in total. The molecule has 120 valence electrons. The Hall–Kier alpha value is -1.80. The number of amides is 1. The van der Waals surface area contributed by atoms with Crippen molar-refractivity contribution in [2.45, 2.75) is 12.5 Å². The van der Waals surface area contributed by atoms with E-state index in [9.17, 15) is 13.2 Å². The second-order valence-corrected chi connectivity index (χ2v) is 7.97. The monoisotopic (exact) mass is 327 g/mol. The number of fused-ring (bicyclic) bond motifs is 1. The summed E-state index contributed by atoms with van der Waals surface area (Å²) in [5, 5.41) is 2.80. The van der Waals surface area contributed by atoms with Gasteiger partial charge in [0.15, 0.2) is 27.9 Å². The van der Waals surface area contributed by atoms with E-state index in [-0.39, 0.29) is 36.8 Å². The molecule has 2 aliphatic heterocycles. The number of anilines is 1. The number of hydrogen-bond donors (Lipinski definition) is 2. The average Bonchev–Trinajstić information content (AvgIpc) is 3.04. The minimum Gasteiger partial charge on any atom is -0.454 e. The molecule has 0 radical (unpaired) electrons. The Balaban J connectivity index is 1.56. The van der Waals surface area contributed by atoms with Crippen LogP contribution in [0.3, 0.4) is 0 Å². The van der Waals surface area contributed by atoms with E-state index in [4.69, 9.17) is 9.47 Å². The second kappa shape index (κ2) is 5.77. The summed E-state index contributed by atoms with van der Waals surface area (Å²) in [6, 6.07) is 5.21. The molecule has 0 aromatic heterocycles. The molecule has 8 heteroatoms. The number of sulfone groups is 1. The maximum Gasteiger partial charge on any atom is 0.279 e. The fraction of sp³-hybridized carbons (Fsp3) is 0.500. The first-order valence-corrected chi connectivity index (χ1v) is 8.97. The number of nitrogens with one attached hydrogen (secondary N) is 2. The number of rotatable bonds is 4. The van der Waals surface area contributed by atoms with E-state index in [0.717, 1.165) is 4.90 Å². The first-order valence-electron chi connectivity index (χ1n) is 7.15. The Morgan fingerprint density at radius 3 is 2.86 bits per heavy atom. The Bertz CT molecular complexity index is 688. The third kappa shape index (κ3) is 3.33. The van der Waals surface area contributed by atoms with Crippen molar-refractivity contribution in [2.75, 3.05) is 37.2 Å². The molecule has 2 heterocycles. The molecular formula is C14H19N2O5S+. The van der Waals surface area contributed by atoms with Crippen molar-refractivity contribution in [3.05, 3.63) is 18.2 Å². The average molecular weight is 327 g/mol. The van der Waals surface area contributed by atoms with Crippen LogP contribution in [0.5, 0.6) is 11.5 Å². The zero-order valence-electron chi connectivity index (χ0n) is 12.3. The fourth-order valence-electron chi connectivity index (χ4n) is 2.76. The van der Waals surface area contributed by atoms with Crippen LogP contribution in [0.2, 0.25) is 0 Å². The summed E-state index contributed by atoms with van der Waals surface area (Å²) in [4.78, 5) is 13.0. The quantitative estimate of drug-likeness (QED) is 0.745. The minimum atomic E-state index is -2.92. The second-order valence-electron chi connectivity index (χ2n) is 5.74. The number of carbonyl (C=O) groups is 1. The highest BCUT2D eigenvalue weighted by atomic mass is 32.2. The molecule has 1 fully saturated rings. The Kier molecular flexibility index (Phi) is 3.96. The number of ether oxygens (including phenoxy) is 2. The number of likely N-dealkylation sites (N-methyl/N-ethyl adjacent to an activating group) is 1. The van der Waals surface area contributed by atoms with Gasteiger partial charge < -0.3 is 19.7 Å². The van der Waals surface area contributed by atoms with E-state index in [1.807, 2.05) is 7.05 Å². The van der Waals surface area contributed by atoms with Crippen molar-refractivity contribution in [1.82, 2.24) is 0 Å². The summed E-state index contributed by atoms with van der Waals surface area (Å²) in [6.45, 7) is 0.421. The van der Waals surface area contributed by atoms with Gasteiger partial charge in [-0.3, -0.25) is 4.79 Å². The van der Waals surface area contributed by atoms with Gasteiger partial charge in [-0.25, -0.2) is 8.42 Å². The maximum atomic E-state index is 12.1. The van der Waals surface area contributed by atoms with Gasteiger partial charge in [0, 0.05) is 18.2 Å². The number of benzene rings is 1. The lowest BCUT2D eigenvalue weighted by Crippen LogP contribution is -3.14. The van der Waals surface area contributed by atoms with Crippen LogP contribution in [0.1, 0.15) is 6.42 Å². The van der Waals surface area contributed by atoms with Gasteiger partial charge in [0.1, 0.15) is 11.8 Å². The molecule has 1 aromatic rings. The standard InChI is InChI=1S/C14H18N2O5S/c1-16(11-4-5-22(18,19)8-11)7-14(17)15-10-2-3-12-13(6-10)21-9-20-12/h2-3,6,11H,4-5,7-9H2,1H3,(H,15,17)/p+1/t11-/m0/s1. The van der Waals surface area contributed by atoms with E-state index in [2.05, 4.69) is 5.32 Å². The summed E-state index contributed by atoms with van der Waals surface area (Å²) < 4.78 is 33.5. The van der Waals surface area contributed by atoms with Crippen LogP contribution < -0.4 is 19.7 Å². The zero-order chi connectivity index (χ0) is 15.7. The predicted octanol–water partition coefficient (Wildman–Crippen LogP) is -0.944. The first kappa shape index (κ1) is 15.1. The highest BCUT2D eigenvalue weighted by Crippen LogP contribution is 2.34. The molecule has 1 aromatic carbocycles. The molecule has 2 atom stereocenters. The molecule has 0 bridgehead atoms. The highest BCUT2D eigenvalue weighted by Gasteiger charge is 2.34. The summed E-state index contributed by atoms with van der Waals surface area (Å²) in [5.41, 5.74) is 0.640. The van der Waals surface area contributed by atoms with Crippen molar-refractivity contribution in [2.24, 2.45) is 0 Å². The molecule has 3 rings (SSSR count). The van der Waals surface area contributed by atoms with Gasteiger partial charge in [-0.05, 0) is 12.1 Å². The van der Waals surface area contributed by atoms with E-state index in [1.165, 1.54) is 0 Å². The smallest absolute Gasteiger partial charge is 0.279 e. The van der Waals surface area contributed by atoms with Crippen molar-refractivity contribution >= 4 is 21.4 Å². The molecule has 0 saturated carbocycles. The zero-order valence-corrected chi connectivity index (χ0v) is 13.1. The fourth-order valence-corrected chi connectivity index (χ4v) is 4.64. The van der Waals surface area contributed by atoms with Gasteiger partial charge in [0.25, 0.3) is 5.91 Å². The van der Waals surface area contributed by atoms with Gasteiger partial charge in [0.05, 0.1) is 12.8 Å². The van der Waals surface area contributed by atoms with Gasteiger partial charge in [-0.1, -0.05) is 0 Å². The predicted molar refractivity (Wildman–Crippen MR) is 80.0 cm³/mol. The Labute approximate surface area is 129 Å². The minimum absolute atomic E-state index is 0.00694. The molecule has 22 heavy (non-hydrogen) atoms. The van der Waals surface area contributed by atoms with Crippen molar-refractivity contribution < 1.29 is 27.6 Å². The summed E-state index contributed by atoms with van der Waals surface area (Å²) in [6.07, 6.45) is 0.617. The van der Waals surface area contributed by atoms with Gasteiger partial charge in [-0.15, -0.1) is 0 Å². The van der Waals surface area contributed by atoms with Gasteiger partial charge >= 0.3 is 0 Å². The van der Waals surface area contributed by atoms with Crippen molar-refractivity contribution in [3.8, 4) is 11.5 Å². The molecule has 1 saturated heterocycles. The third-order valence-electron chi connectivity index (χ3n) is 4.03. The molecule has 1 unspecified atom stereocenters. The number of quaternary nitrogens is 1. The number of hydrogen-bond acceptors (Lipinski definition) is 5. The number of carbonyl (C=O) groups excluding carboxylic acids is 1. The Morgan fingerprint density at radius 1 is 1.36 bits per heavy atom. The molecule has 0 aliphatic carbocycles. The lowest BCUT2D eigenvalue weighted by molar-refractivity contribution is -0.894. The lowest BCUT2D eigenvalue weighted by Gasteiger charge is -2.19. The van der Waals surface area contributed by atoms with Crippen LogP contribution in [-0.2, 0) is 14.6 Å². The van der Waals surface area contributed by atoms with E-state index in [1.54, 1.807) is 18.2 Å². The molecule has 2 N–H and O–H groups in total. The van der Waals surface area contributed by atoms with E-state index < -0.39 is 9.84 Å². The third-order valence-corrected chi connectivity index (χ3v) is 5.79. The van der Waals surface area contributed by atoms with E-state index >= 15 is 0 Å². The molecular weight excluding hydrogens is 308 g/mol. The maximum absolute atomic E-state index is 12.1. The van der Waals surface area contributed by atoms with Crippen LogP contribution in [0.25, 0.3) is 0 Å². The van der Waals surface area contributed by atoms with Crippen LogP contribution >= 0.6 is 0 Å². The summed E-state index contributed by atoms with van der Waals surface area (Å²) >= 11 is 0. The van der Waals surface area contributed by atoms with Crippen LogP contribution in [-0.4, -0.2) is 52.3 Å². The highest BCUT2D eigenvalue weighted by molar-refractivity contribution is 7.91.